The average Bonchev–Trinajstić information content (AvgIpc) is 3.09. The monoisotopic (exact) mass is 670 g/mol. The summed E-state index contributed by atoms with van der Waals surface area (Å²) in [7, 11) is 0. The summed E-state index contributed by atoms with van der Waals surface area (Å²) in [5, 5.41) is 18.8. The van der Waals surface area contributed by atoms with Crippen molar-refractivity contribution in [3.05, 3.63) is 58.7 Å². The normalized spacial score (nSPS) is 11.6. The van der Waals surface area contributed by atoms with E-state index in [1.807, 2.05) is 62.4 Å². The van der Waals surface area contributed by atoms with Gasteiger partial charge in [-0.15, -0.1) is 0 Å². The Labute approximate surface area is 293 Å². The minimum atomic E-state index is -0.238. The summed E-state index contributed by atoms with van der Waals surface area (Å²) < 4.78 is 23.6. The standard InChI is InChI=1S/C41H54N2O6/c1-7-46-38-26-32(24-34(28-42)40(44)30(3)4)18-20-36(38)48-22-16-14-12-10-9-11-13-15-17-23-49-37-21-19-33(27-39(37)47-8-2)25-35(29-43)41(45)31(5)6/h18-21,24-27,30-31H,7-17,22-23H2,1-6H3. The second-order valence-corrected chi connectivity index (χ2v) is 12.5. The fourth-order valence-electron chi connectivity index (χ4n) is 5.08. The Morgan fingerprint density at radius 1 is 0.571 bits per heavy atom. The highest BCUT2D eigenvalue weighted by Gasteiger charge is 2.15. The molecule has 0 bridgehead atoms. The number of Topliss-reactive ketones (excluding diaryl/α,β-unsaturated/α-hetero) is 2. The molecular formula is C41H54N2O6. The van der Waals surface area contributed by atoms with Crippen LogP contribution >= 0.6 is 0 Å². The number of nitrogens with zero attached hydrogens (tertiary/aromatic N) is 2. The molecule has 0 aliphatic rings. The highest BCUT2D eigenvalue weighted by molar-refractivity contribution is 6.04. The lowest BCUT2D eigenvalue weighted by Gasteiger charge is -2.13. The number of rotatable bonds is 24. The van der Waals surface area contributed by atoms with Crippen LogP contribution in [0.25, 0.3) is 12.2 Å². The third-order valence-corrected chi connectivity index (χ3v) is 7.78. The van der Waals surface area contributed by atoms with Gasteiger partial charge in [-0.05, 0) is 74.2 Å². The van der Waals surface area contributed by atoms with Gasteiger partial charge in [-0.25, -0.2) is 0 Å². The quantitative estimate of drug-likeness (QED) is 0.0615. The summed E-state index contributed by atoms with van der Waals surface area (Å²) in [6, 6.07) is 15.0. The summed E-state index contributed by atoms with van der Waals surface area (Å²) in [4.78, 5) is 24.5. The minimum Gasteiger partial charge on any atom is -0.490 e. The van der Waals surface area contributed by atoms with Gasteiger partial charge in [0.2, 0.25) is 0 Å². The molecule has 2 aromatic rings. The van der Waals surface area contributed by atoms with Gasteiger partial charge < -0.3 is 18.9 Å². The van der Waals surface area contributed by atoms with Crippen LogP contribution in [0.4, 0.5) is 0 Å². The number of unbranched alkanes of at least 4 members (excludes halogenated alkanes) is 8. The Bertz CT molecular complexity index is 1380. The van der Waals surface area contributed by atoms with Crippen molar-refractivity contribution in [2.75, 3.05) is 26.4 Å². The molecule has 2 rings (SSSR count). The number of allylic oxidation sites excluding steroid dienone is 2. The zero-order valence-electron chi connectivity index (χ0n) is 30.3. The molecule has 0 heterocycles. The molecule has 0 radical (unpaired) electrons. The summed E-state index contributed by atoms with van der Waals surface area (Å²) in [6.45, 7) is 13.1. The summed E-state index contributed by atoms with van der Waals surface area (Å²) >= 11 is 0. The maximum Gasteiger partial charge on any atom is 0.175 e. The van der Waals surface area contributed by atoms with Crippen molar-refractivity contribution in [2.45, 2.75) is 99.3 Å². The first-order chi connectivity index (χ1) is 23.6. The van der Waals surface area contributed by atoms with Crippen LogP contribution in [-0.4, -0.2) is 38.0 Å². The minimum absolute atomic E-state index is 0.138. The van der Waals surface area contributed by atoms with Crippen molar-refractivity contribution in [3.8, 4) is 35.1 Å². The van der Waals surface area contributed by atoms with Gasteiger partial charge in [0.1, 0.15) is 12.1 Å². The van der Waals surface area contributed by atoms with Crippen molar-refractivity contribution < 1.29 is 28.5 Å². The zero-order valence-corrected chi connectivity index (χ0v) is 30.3. The van der Waals surface area contributed by atoms with E-state index < -0.39 is 0 Å². The van der Waals surface area contributed by atoms with E-state index in [9.17, 15) is 20.1 Å². The highest BCUT2D eigenvalue weighted by Crippen LogP contribution is 2.31. The first-order valence-electron chi connectivity index (χ1n) is 17.8. The van der Waals surface area contributed by atoms with Crippen LogP contribution in [-0.2, 0) is 9.59 Å². The Morgan fingerprint density at radius 3 is 1.22 bits per heavy atom. The van der Waals surface area contributed by atoms with E-state index in [0.717, 1.165) is 36.8 Å². The van der Waals surface area contributed by atoms with E-state index in [4.69, 9.17) is 18.9 Å². The Balaban J connectivity index is 1.66. The molecular weight excluding hydrogens is 616 g/mol. The van der Waals surface area contributed by atoms with Crippen LogP contribution in [0.2, 0.25) is 0 Å². The van der Waals surface area contributed by atoms with Crippen LogP contribution in [0.15, 0.2) is 47.5 Å². The van der Waals surface area contributed by atoms with Gasteiger partial charge in [-0.2, -0.15) is 10.5 Å². The molecule has 0 unspecified atom stereocenters. The van der Waals surface area contributed by atoms with Gasteiger partial charge in [-0.1, -0.05) is 84.8 Å². The Kier molecular flexibility index (Phi) is 19.0. The third kappa shape index (κ3) is 14.6. The molecule has 0 amide bonds. The molecule has 0 N–H and O–H groups in total. The van der Waals surface area contributed by atoms with Gasteiger partial charge in [0, 0.05) is 11.8 Å². The molecule has 0 spiro atoms. The number of carbonyl (C=O) groups is 2. The number of ketones is 2. The Morgan fingerprint density at radius 2 is 0.918 bits per heavy atom. The maximum atomic E-state index is 12.3. The van der Waals surface area contributed by atoms with Gasteiger partial charge in [0.05, 0.1) is 37.6 Å². The molecule has 0 fully saturated rings. The molecule has 0 aliphatic heterocycles. The second kappa shape index (κ2) is 22.9. The lowest BCUT2D eigenvalue weighted by molar-refractivity contribution is -0.118. The number of carbonyl (C=O) groups excluding carboxylic acids is 2. The fourth-order valence-corrected chi connectivity index (χ4v) is 5.08. The lowest BCUT2D eigenvalue weighted by Crippen LogP contribution is -2.08. The molecule has 8 nitrogen and oxygen atoms in total. The first kappa shape index (κ1) is 40.6. The number of nitriles is 2. The zero-order chi connectivity index (χ0) is 36.0. The summed E-state index contributed by atoms with van der Waals surface area (Å²) in [5.74, 6) is 1.74. The van der Waals surface area contributed by atoms with Crippen molar-refractivity contribution in [1.29, 1.82) is 10.5 Å². The van der Waals surface area contributed by atoms with Crippen LogP contribution in [0.5, 0.6) is 23.0 Å². The van der Waals surface area contributed by atoms with Crippen molar-refractivity contribution >= 4 is 23.7 Å². The molecule has 264 valence electrons. The van der Waals surface area contributed by atoms with Crippen molar-refractivity contribution in [3.63, 3.8) is 0 Å². The van der Waals surface area contributed by atoms with E-state index in [0.29, 0.717) is 49.4 Å². The van der Waals surface area contributed by atoms with Crippen LogP contribution in [0.3, 0.4) is 0 Å². The van der Waals surface area contributed by atoms with Crippen LogP contribution in [0, 0.1) is 34.5 Å². The molecule has 0 saturated heterocycles. The highest BCUT2D eigenvalue weighted by atomic mass is 16.5. The molecule has 2 aromatic carbocycles. The molecule has 0 aromatic heterocycles. The lowest BCUT2D eigenvalue weighted by atomic mass is 10.00. The molecule has 0 saturated carbocycles. The largest absolute Gasteiger partial charge is 0.490 e. The third-order valence-electron chi connectivity index (χ3n) is 7.78. The maximum absolute atomic E-state index is 12.3. The fraction of sp³-hybridized carbons (Fsp3) is 0.512. The van der Waals surface area contributed by atoms with Crippen LogP contribution in [0.1, 0.15) is 110 Å². The smallest absolute Gasteiger partial charge is 0.175 e. The topological polar surface area (TPSA) is 119 Å². The van der Waals surface area contributed by atoms with Crippen molar-refractivity contribution in [1.82, 2.24) is 0 Å². The van der Waals surface area contributed by atoms with Gasteiger partial charge in [0.25, 0.3) is 0 Å². The van der Waals surface area contributed by atoms with E-state index >= 15 is 0 Å². The Hall–Kier alpha value is -4.56. The van der Waals surface area contributed by atoms with E-state index in [-0.39, 0.29) is 34.5 Å². The first-order valence-corrected chi connectivity index (χ1v) is 17.8. The van der Waals surface area contributed by atoms with Gasteiger partial charge >= 0.3 is 0 Å². The van der Waals surface area contributed by atoms with Crippen LogP contribution < -0.4 is 18.9 Å². The molecule has 8 heteroatoms. The van der Waals surface area contributed by atoms with Crippen molar-refractivity contribution in [2.24, 2.45) is 11.8 Å². The molecule has 49 heavy (non-hydrogen) atoms. The number of hydrogen-bond donors (Lipinski definition) is 0. The van der Waals surface area contributed by atoms with E-state index in [1.54, 1.807) is 39.8 Å². The van der Waals surface area contributed by atoms with Gasteiger partial charge in [-0.3, -0.25) is 9.59 Å². The number of benzene rings is 2. The van der Waals surface area contributed by atoms with E-state index in [1.165, 1.54) is 32.1 Å². The average molecular weight is 671 g/mol. The number of ether oxygens (including phenoxy) is 4. The predicted octanol–water partition coefficient (Wildman–Crippen LogP) is 9.72. The predicted molar refractivity (Wildman–Crippen MR) is 195 cm³/mol. The number of hydrogen-bond acceptors (Lipinski definition) is 8. The second-order valence-electron chi connectivity index (χ2n) is 12.5. The van der Waals surface area contributed by atoms with Gasteiger partial charge in [0.15, 0.2) is 34.6 Å². The molecule has 0 aliphatic carbocycles. The summed E-state index contributed by atoms with van der Waals surface area (Å²) in [6.07, 6.45) is 13.3. The SMILES string of the molecule is CCOc1cc(C=C(C#N)C(=O)C(C)C)ccc1OCCCCCCCCCCCOc1ccc(C=C(C#N)C(=O)C(C)C)cc1OCC. The van der Waals surface area contributed by atoms with E-state index in [2.05, 4.69) is 0 Å². The summed E-state index contributed by atoms with van der Waals surface area (Å²) in [5.41, 5.74) is 1.74. The molecule has 0 atom stereocenters.